The molecule has 0 saturated carbocycles. The fraction of sp³-hybridized carbons (Fsp3) is 0.750. The molecule has 8 heteroatoms. The molecule has 134 valence electrons. The van der Waals surface area contributed by atoms with Gasteiger partial charge in [0, 0.05) is 58.6 Å². The zero-order chi connectivity index (χ0) is 16.8. The minimum Gasteiger partial charge on any atom is -0.379 e. The Balaban J connectivity index is 1.49. The van der Waals surface area contributed by atoms with Gasteiger partial charge in [-0.2, -0.15) is 5.10 Å². The van der Waals surface area contributed by atoms with Crippen LogP contribution in [0.25, 0.3) is 0 Å². The highest BCUT2D eigenvalue weighted by molar-refractivity contribution is 5.80. The fourth-order valence-electron chi connectivity index (χ4n) is 3.13. The maximum absolute atomic E-state index is 5.90. The van der Waals surface area contributed by atoms with Gasteiger partial charge in [0.15, 0.2) is 5.96 Å². The first-order chi connectivity index (χ1) is 11.8. The predicted molar refractivity (Wildman–Crippen MR) is 92.1 cm³/mol. The Morgan fingerprint density at radius 1 is 1.33 bits per heavy atom. The molecule has 0 bridgehead atoms. The molecule has 1 atom stereocenters. The Hall–Kier alpha value is -1.64. The third-order valence-corrected chi connectivity index (χ3v) is 4.49. The molecule has 2 fully saturated rings. The SMILES string of the molecule is CN=C(NCCN1CCOCC1)N1CCOC(c2cnn(C)c2)C1. The Bertz CT molecular complexity index is 540. The van der Waals surface area contributed by atoms with Crippen molar-refractivity contribution in [2.24, 2.45) is 12.0 Å². The lowest BCUT2D eigenvalue weighted by Crippen LogP contribution is -2.50. The van der Waals surface area contributed by atoms with E-state index in [-0.39, 0.29) is 6.10 Å². The first kappa shape index (κ1) is 17.2. The van der Waals surface area contributed by atoms with E-state index in [1.54, 1.807) is 0 Å². The molecule has 0 amide bonds. The minimum atomic E-state index is 0.0465. The lowest BCUT2D eigenvalue weighted by atomic mass is 10.1. The van der Waals surface area contributed by atoms with Crippen LogP contribution in [0.15, 0.2) is 17.4 Å². The van der Waals surface area contributed by atoms with Crippen LogP contribution < -0.4 is 5.32 Å². The van der Waals surface area contributed by atoms with Crippen molar-refractivity contribution < 1.29 is 9.47 Å². The number of morpholine rings is 2. The Morgan fingerprint density at radius 3 is 2.88 bits per heavy atom. The largest absolute Gasteiger partial charge is 0.379 e. The average molecular weight is 336 g/mol. The van der Waals surface area contributed by atoms with E-state index in [1.165, 1.54) is 0 Å². The van der Waals surface area contributed by atoms with Crippen LogP contribution in [0.5, 0.6) is 0 Å². The van der Waals surface area contributed by atoms with E-state index in [2.05, 4.69) is 25.2 Å². The van der Waals surface area contributed by atoms with Crippen LogP contribution >= 0.6 is 0 Å². The molecular formula is C16H28N6O2. The molecule has 1 N–H and O–H groups in total. The van der Waals surface area contributed by atoms with Crippen LogP contribution in [-0.4, -0.2) is 91.7 Å². The number of hydrogen-bond donors (Lipinski definition) is 1. The van der Waals surface area contributed by atoms with Crippen LogP contribution in [-0.2, 0) is 16.5 Å². The third kappa shape index (κ3) is 4.46. The first-order valence-electron chi connectivity index (χ1n) is 8.62. The van der Waals surface area contributed by atoms with Crippen LogP contribution in [0.3, 0.4) is 0 Å². The number of aliphatic imine (C=N–C) groups is 1. The van der Waals surface area contributed by atoms with Gasteiger partial charge in [0.25, 0.3) is 0 Å². The summed E-state index contributed by atoms with van der Waals surface area (Å²) in [6.07, 6.45) is 3.94. The summed E-state index contributed by atoms with van der Waals surface area (Å²) in [5, 5.41) is 7.72. The van der Waals surface area contributed by atoms with E-state index in [4.69, 9.17) is 9.47 Å². The van der Waals surface area contributed by atoms with Gasteiger partial charge in [-0.25, -0.2) is 0 Å². The molecule has 2 aliphatic rings. The van der Waals surface area contributed by atoms with Crippen molar-refractivity contribution in [3.63, 3.8) is 0 Å². The molecule has 24 heavy (non-hydrogen) atoms. The monoisotopic (exact) mass is 336 g/mol. The van der Waals surface area contributed by atoms with Crippen molar-refractivity contribution in [1.29, 1.82) is 0 Å². The van der Waals surface area contributed by atoms with Crippen LogP contribution in [0, 0.1) is 0 Å². The summed E-state index contributed by atoms with van der Waals surface area (Å²) >= 11 is 0. The second-order valence-electron chi connectivity index (χ2n) is 6.18. The molecule has 0 spiro atoms. The van der Waals surface area contributed by atoms with Crippen LogP contribution in [0.1, 0.15) is 11.7 Å². The minimum absolute atomic E-state index is 0.0465. The molecule has 8 nitrogen and oxygen atoms in total. The summed E-state index contributed by atoms with van der Waals surface area (Å²) in [4.78, 5) is 9.12. The highest BCUT2D eigenvalue weighted by atomic mass is 16.5. The van der Waals surface area contributed by atoms with Gasteiger partial charge >= 0.3 is 0 Å². The predicted octanol–water partition coefficient (Wildman–Crippen LogP) is -0.299. The zero-order valence-electron chi connectivity index (χ0n) is 14.6. The van der Waals surface area contributed by atoms with Gasteiger partial charge in [-0.15, -0.1) is 0 Å². The summed E-state index contributed by atoms with van der Waals surface area (Å²) in [6, 6.07) is 0. The number of hydrogen-bond acceptors (Lipinski definition) is 5. The zero-order valence-corrected chi connectivity index (χ0v) is 14.6. The van der Waals surface area contributed by atoms with Crippen molar-refractivity contribution in [3.8, 4) is 0 Å². The summed E-state index contributed by atoms with van der Waals surface area (Å²) < 4.78 is 13.1. The molecule has 3 heterocycles. The number of nitrogens with zero attached hydrogens (tertiary/aromatic N) is 5. The van der Waals surface area contributed by atoms with Crippen molar-refractivity contribution in [3.05, 3.63) is 18.0 Å². The number of guanidine groups is 1. The van der Waals surface area contributed by atoms with E-state index >= 15 is 0 Å². The summed E-state index contributed by atoms with van der Waals surface area (Å²) in [5.41, 5.74) is 1.12. The molecule has 2 saturated heterocycles. The summed E-state index contributed by atoms with van der Waals surface area (Å²) in [6.45, 7) is 7.96. The van der Waals surface area contributed by atoms with E-state index in [0.29, 0.717) is 6.61 Å². The number of aryl methyl sites for hydroxylation is 1. The van der Waals surface area contributed by atoms with Gasteiger partial charge in [0.1, 0.15) is 6.10 Å². The summed E-state index contributed by atoms with van der Waals surface area (Å²) in [7, 11) is 3.77. The number of rotatable bonds is 4. The van der Waals surface area contributed by atoms with E-state index in [0.717, 1.165) is 64.0 Å². The van der Waals surface area contributed by atoms with Crippen LogP contribution in [0.2, 0.25) is 0 Å². The number of aromatic nitrogens is 2. The molecule has 0 radical (unpaired) electrons. The van der Waals surface area contributed by atoms with Crippen molar-refractivity contribution in [2.45, 2.75) is 6.10 Å². The third-order valence-electron chi connectivity index (χ3n) is 4.49. The fourth-order valence-corrected chi connectivity index (χ4v) is 3.13. The van der Waals surface area contributed by atoms with Gasteiger partial charge in [-0.05, 0) is 0 Å². The van der Waals surface area contributed by atoms with Crippen LogP contribution in [0.4, 0.5) is 0 Å². The van der Waals surface area contributed by atoms with Crippen molar-refractivity contribution in [1.82, 2.24) is 24.9 Å². The average Bonchev–Trinajstić information content (AvgIpc) is 3.06. The molecular weight excluding hydrogens is 308 g/mol. The Kier molecular flexibility index (Phi) is 6.06. The lowest BCUT2D eigenvalue weighted by Gasteiger charge is -2.35. The maximum Gasteiger partial charge on any atom is 0.193 e. The molecule has 3 rings (SSSR count). The molecule has 1 unspecified atom stereocenters. The number of nitrogens with one attached hydrogen (secondary N) is 1. The van der Waals surface area contributed by atoms with E-state index in [1.807, 2.05) is 31.2 Å². The molecule has 2 aliphatic heterocycles. The highest BCUT2D eigenvalue weighted by Gasteiger charge is 2.25. The van der Waals surface area contributed by atoms with Crippen molar-refractivity contribution >= 4 is 5.96 Å². The summed E-state index contributed by atoms with van der Waals surface area (Å²) in [5.74, 6) is 0.945. The lowest BCUT2D eigenvalue weighted by molar-refractivity contribution is -0.00814. The van der Waals surface area contributed by atoms with Gasteiger partial charge in [-0.3, -0.25) is 14.6 Å². The quantitative estimate of drug-likeness (QED) is 0.602. The molecule has 1 aromatic rings. The maximum atomic E-state index is 5.90. The van der Waals surface area contributed by atoms with E-state index in [9.17, 15) is 0 Å². The second-order valence-corrected chi connectivity index (χ2v) is 6.18. The first-order valence-corrected chi connectivity index (χ1v) is 8.62. The van der Waals surface area contributed by atoms with Gasteiger partial charge < -0.3 is 19.7 Å². The Labute approximate surface area is 143 Å². The van der Waals surface area contributed by atoms with Crippen molar-refractivity contribution in [2.75, 3.05) is 66.1 Å². The van der Waals surface area contributed by atoms with Gasteiger partial charge in [-0.1, -0.05) is 0 Å². The smallest absolute Gasteiger partial charge is 0.193 e. The normalized spacial score (nSPS) is 23.5. The standard InChI is InChI=1S/C16H28N6O2/c1-17-16(18-3-4-21-5-8-23-9-6-21)22-7-10-24-15(13-22)14-11-19-20(2)12-14/h11-12,15H,3-10,13H2,1-2H3,(H,17,18). The molecule has 1 aromatic heterocycles. The molecule has 0 aromatic carbocycles. The number of ether oxygens (including phenoxy) is 2. The van der Waals surface area contributed by atoms with Gasteiger partial charge in [0.05, 0.1) is 32.6 Å². The highest BCUT2D eigenvalue weighted by Crippen LogP contribution is 2.21. The molecule has 0 aliphatic carbocycles. The van der Waals surface area contributed by atoms with E-state index < -0.39 is 0 Å². The van der Waals surface area contributed by atoms with Gasteiger partial charge in [0.2, 0.25) is 0 Å². The second kappa shape index (κ2) is 8.46. The topological polar surface area (TPSA) is 67.2 Å². The Morgan fingerprint density at radius 2 is 2.17 bits per heavy atom.